The first kappa shape index (κ1) is 22.3. The van der Waals surface area contributed by atoms with E-state index in [0.717, 1.165) is 42.2 Å². The number of carboxylic acid groups (broad SMARTS) is 1. The van der Waals surface area contributed by atoms with Crippen LogP contribution in [0, 0.1) is 12.3 Å². The number of nitrogens with one attached hydrogen (secondary N) is 1. The van der Waals surface area contributed by atoms with E-state index < -0.39 is 11.4 Å². The predicted molar refractivity (Wildman–Crippen MR) is 116 cm³/mol. The number of halogens is 1. The number of aromatic nitrogens is 3. The lowest BCUT2D eigenvalue weighted by atomic mass is 9.87. The number of carbonyl (C=O) groups is 2. The molecule has 2 aromatic rings. The molecule has 1 fully saturated rings. The molecule has 0 unspecified atom stereocenters. The van der Waals surface area contributed by atoms with Crippen molar-refractivity contribution in [2.45, 2.75) is 71.8 Å². The van der Waals surface area contributed by atoms with Crippen molar-refractivity contribution in [1.29, 1.82) is 0 Å². The maximum atomic E-state index is 12.4. The largest absolute Gasteiger partial charge is 0.481 e. The van der Waals surface area contributed by atoms with Crippen molar-refractivity contribution >= 4 is 29.2 Å². The molecule has 1 aromatic heterocycles. The zero-order valence-electron chi connectivity index (χ0n) is 17.7. The van der Waals surface area contributed by atoms with Crippen LogP contribution in [0.4, 0.5) is 5.69 Å². The average molecular weight is 433 g/mol. The van der Waals surface area contributed by atoms with Crippen LogP contribution in [0.15, 0.2) is 18.2 Å². The van der Waals surface area contributed by atoms with Gasteiger partial charge in [-0.2, -0.15) is 0 Å². The number of hydrogen-bond acceptors (Lipinski definition) is 4. The number of benzene rings is 1. The van der Waals surface area contributed by atoms with Crippen LogP contribution in [0.5, 0.6) is 0 Å². The number of anilines is 1. The van der Waals surface area contributed by atoms with Crippen LogP contribution >= 0.6 is 11.6 Å². The Labute approximate surface area is 181 Å². The van der Waals surface area contributed by atoms with Gasteiger partial charge in [0.25, 0.3) is 0 Å². The summed E-state index contributed by atoms with van der Waals surface area (Å²) in [6, 6.07) is 5.84. The molecule has 1 aromatic carbocycles. The molecule has 7 nitrogen and oxygen atoms in total. The normalized spacial score (nSPS) is 14.0. The van der Waals surface area contributed by atoms with Crippen LogP contribution in [0.2, 0.25) is 5.02 Å². The summed E-state index contributed by atoms with van der Waals surface area (Å²) in [6.07, 6.45) is 5.00. The van der Waals surface area contributed by atoms with E-state index in [1.54, 1.807) is 19.9 Å². The highest BCUT2D eigenvalue weighted by Crippen LogP contribution is 2.37. The lowest BCUT2D eigenvalue weighted by molar-refractivity contribution is -0.147. The van der Waals surface area contributed by atoms with Gasteiger partial charge in [-0.05, 0) is 64.2 Å². The molecule has 0 radical (unpaired) electrons. The zero-order chi connectivity index (χ0) is 21.9. The summed E-state index contributed by atoms with van der Waals surface area (Å²) < 4.78 is 2.16. The van der Waals surface area contributed by atoms with Crippen LogP contribution in [0.3, 0.4) is 0 Å². The minimum atomic E-state index is -0.784. The highest BCUT2D eigenvalue weighted by atomic mass is 35.5. The highest BCUT2D eigenvalue weighted by molar-refractivity contribution is 6.31. The Balaban J connectivity index is 1.59. The maximum absolute atomic E-state index is 12.4. The van der Waals surface area contributed by atoms with Crippen LogP contribution in [-0.2, 0) is 22.4 Å². The van der Waals surface area contributed by atoms with Gasteiger partial charge in [0.15, 0.2) is 0 Å². The minimum Gasteiger partial charge on any atom is -0.481 e. The van der Waals surface area contributed by atoms with Crippen molar-refractivity contribution < 1.29 is 14.7 Å². The summed E-state index contributed by atoms with van der Waals surface area (Å²) >= 11 is 6.12. The van der Waals surface area contributed by atoms with E-state index in [2.05, 4.69) is 20.1 Å². The van der Waals surface area contributed by atoms with Crippen LogP contribution in [-0.4, -0.2) is 31.7 Å². The molecule has 0 aliphatic heterocycles. The van der Waals surface area contributed by atoms with Crippen molar-refractivity contribution in [3.8, 4) is 0 Å². The van der Waals surface area contributed by atoms with Gasteiger partial charge in [-0.15, -0.1) is 10.2 Å². The summed E-state index contributed by atoms with van der Waals surface area (Å²) in [5, 5.41) is 21.5. The number of nitrogens with zero attached hydrogens (tertiary/aromatic N) is 3. The second kappa shape index (κ2) is 9.16. The van der Waals surface area contributed by atoms with E-state index >= 15 is 0 Å². The number of carboxylic acids is 1. The van der Waals surface area contributed by atoms with E-state index in [1.807, 2.05) is 19.1 Å². The predicted octanol–water partition coefficient (Wildman–Crippen LogP) is 4.58. The fourth-order valence-corrected chi connectivity index (χ4v) is 3.61. The molecule has 1 heterocycles. The summed E-state index contributed by atoms with van der Waals surface area (Å²) in [5.74, 6) is 0.839. The number of aliphatic carboxylic acids is 1. The standard InChI is InChI=1S/C22H29ClN4O3/c1-14-16(23)6-4-7-17(14)24-20(28)12-11-19-26-25-18(27(19)15-9-10-15)8-5-13-22(2,3)21(29)30/h4,6-7,15H,5,8-13H2,1-3H3,(H,24,28)(H,29,30). The number of carbonyl (C=O) groups excluding carboxylic acids is 1. The van der Waals surface area contributed by atoms with Crippen LogP contribution in [0.1, 0.15) is 69.2 Å². The van der Waals surface area contributed by atoms with Crippen molar-refractivity contribution in [2.75, 3.05) is 5.32 Å². The fourth-order valence-electron chi connectivity index (χ4n) is 3.43. The molecule has 1 aliphatic rings. The third-order valence-electron chi connectivity index (χ3n) is 5.65. The third kappa shape index (κ3) is 5.39. The van der Waals surface area contributed by atoms with Crippen LogP contribution < -0.4 is 5.32 Å². The Morgan fingerprint density at radius 2 is 1.90 bits per heavy atom. The van der Waals surface area contributed by atoms with Crippen molar-refractivity contribution in [1.82, 2.24) is 14.8 Å². The first-order valence-electron chi connectivity index (χ1n) is 10.4. The topological polar surface area (TPSA) is 97.1 Å². The molecule has 1 aliphatic carbocycles. The molecule has 1 saturated carbocycles. The van der Waals surface area contributed by atoms with E-state index in [1.165, 1.54) is 0 Å². The molecule has 0 saturated heterocycles. The van der Waals surface area contributed by atoms with Gasteiger partial charge in [0.2, 0.25) is 5.91 Å². The van der Waals surface area contributed by atoms with Gasteiger partial charge in [0.05, 0.1) is 5.41 Å². The molecule has 2 N–H and O–H groups in total. The molecule has 0 atom stereocenters. The number of rotatable bonds is 10. The molecule has 0 bridgehead atoms. The third-order valence-corrected chi connectivity index (χ3v) is 6.06. The zero-order valence-corrected chi connectivity index (χ0v) is 18.5. The smallest absolute Gasteiger partial charge is 0.309 e. The fraction of sp³-hybridized carbons (Fsp3) is 0.545. The SMILES string of the molecule is Cc1c(Cl)cccc1NC(=O)CCc1nnc(CCCC(C)(C)C(=O)O)n1C1CC1. The van der Waals surface area contributed by atoms with Gasteiger partial charge in [0.1, 0.15) is 11.6 Å². The van der Waals surface area contributed by atoms with Gasteiger partial charge in [-0.1, -0.05) is 17.7 Å². The Kier molecular flexibility index (Phi) is 6.81. The molecular weight excluding hydrogens is 404 g/mol. The monoisotopic (exact) mass is 432 g/mol. The Morgan fingerprint density at radius 1 is 1.23 bits per heavy atom. The lowest BCUT2D eigenvalue weighted by Crippen LogP contribution is -2.23. The summed E-state index contributed by atoms with van der Waals surface area (Å²) in [4.78, 5) is 23.7. The quantitative estimate of drug-likeness (QED) is 0.572. The van der Waals surface area contributed by atoms with Crippen molar-refractivity contribution in [2.24, 2.45) is 5.41 Å². The number of amides is 1. The summed E-state index contributed by atoms with van der Waals surface area (Å²) in [5.41, 5.74) is 0.821. The van der Waals surface area contributed by atoms with Crippen molar-refractivity contribution in [3.63, 3.8) is 0 Å². The van der Waals surface area contributed by atoms with E-state index in [-0.39, 0.29) is 5.91 Å². The van der Waals surface area contributed by atoms with Gasteiger partial charge in [-0.25, -0.2) is 0 Å². The first-order valence-corrected chi connectivity index (χ1v) is 10.8. The number of aryl methyl sites for hydroxylation is 2. The van der Waals surface area contributed by atoms with E-state index in [4.69, 9.17) is 11.6 Å². The molecule has 1 amide bonds. The Bertz CT molecular complexity index is 934. The maximum Gasteiger partial charge on any atom is 0.309 e. The van der Waals surface area contributed by atoms with E-state index in [9.17, 15) is 14.7 Å². The highest BCUT2D eigenvalue weighted by Gasteiger charge is 2.30. The summed E-state index contributed by atoms with van der Waals surface area (Å²) in [7, 11) is 0. The molecular formula is C22H29ClN4O3. The molecule has 3 rings (SSSR count). The average Bonchev–Trinajstić information content (AvgIpc) is 3.44. The van der Waals surface area contributed by atoms with Gasteiger partial charge in [0, 0.05) is 36.0 Å². The number of hydrogen-bond donors (Lipinski definition) is 2. The van der Waals surface area contributed by atoms with Gasteiger partial charge >= 0.3 is 5.97 Å². The molecule has 30 heavy (non-hydrogen) atoms. The van der Waals surface area contributed by atoms with Crippen molar-refractivity contribution in [3.05, 3.63) is 40.4 Å². The lowest BCUT2D eigenvalue weighted by Gasteiger charge is -2.18. The minimum absolute atomic E-state index is 0.0875. The summed E-state index contributed by atoms with van der Waals surface area (Å²) in [6.45, 7) is 5.36. The Hall–Kier alpha value is -2.41. The Morgan fingerprint density at radius 3 is 2.53 bits per heavy atom. The molecule has 0 spiro atoms. The van der Waals surface area contributed by atoms with Gasteiger partial charge in [-0.3, -0.25) is 9.59 Å². The first-order chi connectivity index (χ1) is 14.2. The molecule has 162 valence electrons. The van der Waals surface area contributed by atoms with Gasteiger partial charge < -0.3 is 15.0 Å². The van der Waals surface area contributed by atoms with Crippen LogP contribution in [0.25, 0.3) is 0 Å². The second-order valence-electron chi connectivity index (χ2n) is 8.64. The molecule has 8 heteroatoms. The van der Waals surface area contributed by atoms with E-state index in [0.29, 0.717) is 36.7 Å². The second-order valence-corrected chi connectivity index (χ2v) is 9.04.